The van der Waals surface area contributed by atoms with E-state index in [-0.39, 0.29) is 22.2 Å². The number of carboxylic acids is 1. The van der Waals surface area contributed by atoms with Crippen molar-refractivity contribution in [1.82, 2.24) is 15.2 Å². The molecule has 1 aromatic heterocycles. The van der Waals surface area contributed by atoms with E-state index in [2.05, 4.69) is 22.5 Å². The molecule has 2 amide bonds. The number of oxime groups is 1. The molecule has 4 atom stereocenters. The molecule has 0 bridgehead atoms. The van der Waals surface area contributed by atoms with Gasteiger partial charge in [0.1, 0.15) is 29.4 Å². The molecule has 4 heterocycles. The SMILES string of the molecule is COC(=O)C1=C(C[N+]2(C)CC3CCCC3C2)CS[C@@H]2[C@H](NC(=O)/C(=N\OCC(=O)O)c3csc(N)n3)C(=O)N12. The molecule has 3 aliphatic heterocycles. The number of carbonyl (C=O) groups is 4. The topological polar surface area (TPSA) is 174 Å². The van der Waals surface area contributed by atoms with Crippen LogP contribution in [-0.4, -0.2) is 107 Å². The number of likely N-dealkylation sites (tertiary alicyclic amines) is 1. The van der Waals surface area contributed by atoms with E-state index in [4.69, 9.17) is 20.4 Å². The predicted molar refractivity (Wildman–Crippen MR) is 142 cm³/mol. The first kappa shape index (κ1) is 27.4. The molecule has 0 radical (unpaired) electrons. The maximum absolute atomic E-state index is 13.3. The van der Waals surface area contributed by atoms with Gasteiger partial charge in [-0.15, -0.1) is 23.1 Å². The predicted octanol–water partition coefficient (Wildman–Crippen LogP) is 0.234. The number of nitrogens with zero attached hydrogens (tertiary/aromatic N) is 4. The maximum Gasteiger partial charge on any atom is 0.355 e. The molecule has 1 aliphatic carbocycles. The summed E-state index contributed by atoms with van der Waals surface area (Å²) in [5.41, 5.74) is 6.60. The summed E-state index contributed by atoms with van der Waals surface area (Å²) in [6, 6.07) is -0.930. The Hall–Kier alpha value is -3.17. The van der Waals surface area contributed by atoms with Crippen molar-refractivity contribution in [3.05, 3.63) is 22.3 Å². The Bertz CT molecular complexity index is 1250. The fraction of sp³-hybridized carbons (Fsp3) is 0.583. The van der Waals surface area contributed by atoms with Crippen molar-refractivity contribution in [2.75, 3.05) is 51.9 Å². The molecule has 2 saturated heterocycles. The highest BCUT2D eigenvalue weighted by Crippen LogP contribution is 2.44. The lowest BCUT2D eigenvalue weighted by molar-refractivity contribution is -0.896. The molecule has 1 saturated carbocycles. The van der Waals surface area contributed by atoms with Crippen molar-refractivity contribution in [3.8, 4) is 0 Å². The van der Waals surface area contributed by atoms with Gasteiger partial charge in [-0.2, -0.15) is 0 Å². The van der Waals surface area contributed by atoms with E-state index in [9.17, 15) is 19.2 Å². The van der Waals surface area contributed by atoms with Gasteiger partial charge in [0.25, 0.3) is 11.8 Å². The normalized spacial score (nSPS) is 29.9. The Kier molecular flexibility index (Phi) is 7.57. The van der Waals surface area contributed by atoms with Crippen LogP contribution in [0.4, 0.5) is 5.13 Å². The molecule has 5 rings (SSSR count). The summed E-state index contributed by atoms with van der Waals surface area (Å²) in [4.78, 5) is 60.4. The number of hydrogen-bond acceptors (Lipinski definition) is 11. The molecule has 15 heteroatoms. The molecular weight excluding hydrogens is 548 g/mol. The number of esters is 1. The zero-order chi connectivity index (χ0) is 27.9. The number of ether oxygens (including phenoxy) is 1. The summed E-state index contributed by atoms with van der Waals surface area (Å²) < 4.78 is 5.91. The van der Waals surface area contributed by atoms with Crippen LogP contribution in [0.25, 0.3) is 0 Å². The monoisotopic (exact) mass is 579 g/mol. The number of hydrogen-bond donors (Lipinski definition) is 3. The highest BCUT2D eigenvalue weighted by Gasteiger charge is 2.56. The molecule has 210 valence electrons. The number of carbonyl (C=O) groups excluding carboxylic acids is 3. The second-order valence-electron chi connectivity index (χ2n) is 10.6. The number of thioether (sulfide) groups is 1. The highest BCUT2D eigenvalue weighted by molar-refractivity contribution is 8.00. The summed E-state index contributed by atoms with van der Waals surface area (Å²) in [7, 11) is 3.51. The first-order valence-corrected chi connectivity index (χ1v) is 14.6. The van der Waals surface area contributed by atoms with Crippen molar-refractivity contribution < 1.29 is 38.3 Å². The number of quaternary nitrogens is 1. The lowest BCUT2D eigenvalue weighted by Crippen LogP contribution is -2.71. The number of methoxy groups -OCH3 is 1. The number of aliphatic carboxylic acids is 1. The minimum absolute atomic E-state index is 0.0880. The van der Waals surface area contributed by atoms with Crippen molar-refractivity contribution in [3.63, 3.8) is 0 Å². The van der Waals surface area contributed by atoms with Gasteiger partial charge in [0.05, 0.1) is 27.2 Å². The van der Waals surface area contributed by atoms with Crippen LogP contribution in [-0.2, 0) is 28.8 Å². The standard InChI is InChI=1S/C24H30N6O7S2/c1-30(6-12-4-3-5-13(12)7-30)8-14-10-38-22-18(21(34)29(22)19(14)23(35)36-2)27-20(33)17(28-37-9-16(31)32)15-11-39-24(25)26-15/h11-13,18,22H,3-10H2,1-2H3,(H3-,25,26,27,31,32,33)/p+1/b28-17-/t12?,13?,18-,22-,30?/m1/s1. The van der Waals surface area contributed by atoms with Gasteiger partial charge in [-0.1, -0.05) is 11.6 Å². The average molecular weight is 580 g/mol. The summed E-state index contributed by atoms with van der Waals surface area (Å²) in [6.07, 6.45) is 3.79. The quantitative estimate of drug-likeness (QED) is 0.121. The number of nitrogens with one attached hydrogen (secondary N) is 1. The number of anilines is 1. The highest BCUT2D eigenvalue weighted by atomic mass is 32.2. The van der Waals surface area contributed by atoms with Crippen LogP contribution in [0.1, 0.15) is 25.0 Å². The van der Waals surface area contributed by atoms with Crippen LogP contribution >= 0.6 is 23.1 Å². The minimum Gasteiger partial charge on any atom is -0.479 e. The van der Waals surface area contributed by atoms with Gasteiger partial charge in [0.2, 0.25) is 6.61 Å². The third-order valence-corrected chi connectivity index (χ3v) is 9.79. The number of amides is 2. The smallest absolute Gasteiger partial charge is 0.355 e. The van der Waals surface area contributed by atoms with Crippen LogP contribution in [0.3, 0.4) is 0 Å². The number of aromatic nitrogens is 1. The van der Waals surface area contributed by atoms with Gasteiger partial charge in [-0.3, -0.25) is 14.5 Å². The number of rotatable bonds is 9. The number of nitrogens with two attached hydrogens (primary N) is 1. The van der Waals surface area contributed by atoms with E-state index in [1.165, 1.54) is 48.4 Å². The van der Waals surface area contributed by atoms with E-state index < -0.39 is 41.8 Å². The Morgan fingerprint density at radius 2 is 2.03 bits per heavy atom. The molecule has 0 spiro atoms. The van der Waals surface area contributed by atoms with E-state index in [1.54, 1.807) is 0 Å². The van der Waals surface area contributed by atoms with Crippen LogP contribution in [0.5, 0.6) is 0 Å². The fourth-order valence-corrected chi connectivity index (χ4v) is 8.13. The Balaban J connectivity index is 1.33. The molecule has 4 N–H and O–H groups in total. The van der Waals surface area contributed by atoms with E-state index >= 15 is 0 Å². The summed E-state index contributed by atoms with van der Waals surface area (Å²) in [5.74, 6) is -1.10. The van der Waals surface area contributed by atoms with Gasteiger partial charge in [-0.25, -0.2) is 14.6 Å². The first-order chi connectivity index (χ1) is 18.6. The molecule has 3 fully saturated rings. The Labute approximate surface area is 233 Å². The zero-order valence-electron chi connectivity index (χ0n) is 21.6. The molecule has 0 aromatic carbocycles. The lowest BCUT2D eigenvalue weighted by Gasteiger charge is -2.50. The van der Waals surface area contributed by atoms with E-state index in [1.807, 2.05) is 0 Å². The van der Waals surface area contributed by atoms with Crippen molar-refractivity contribution in [2.45, 2.75) is 30.7 Å². The van der Waals surface area contributed by atoms with Crippen LogP contribution in [0.15, 0.2) is 21.8 Å². The number of nitrogen functional groups attached to an aromatic ring is 1. The molecule has 13 nitrogen and oxygen atoms in total. The number of fused-ring (bicyclic) bond motifs is 2. The van der Waals surface area contributed by atoms with Gasteiger partial charge in [-0.05, 0) is 12.8 Å². The lowest BCUT2D eigenvalue weighted by atomic mass is 10.0. The number of thiazole rings is 1. The Morgan fingerprint density at radius 3 is 2.64 bits per heavy atom. The second kappa shape index (κ2) is 10.8. The van der Waals surface area contributed by atoms with Gasteiger partial charge >= 0.3 is 11.9 Å². The first-order valence-electron chi connectivity index (χ1n) is 12.6. The van der Waals surface area contributed by atoms with Crippen molar-refractivity contribution >= 4 is 57.7 Å². The maximum atomic E-state index is 13.3. The summed E-state index contributed by atoms with van der Waals surface area (Å²) >= 11 is 2.54. The largest absolute Gasteiger partial charge is 0.479 e. The minimum atomic E-state index is -1.27. The van der Waals surface area contributed by atoms with Gasteiger partial charge in [0, 0.05) is 28.5 Å². The molecule has 39 heavy (non-hydrogen) atoms. The molecule has 1 aromatic rings. The number of β-lactam (4-membered cyclic amide) rings is 1. The Morgan fingerprint density at radius 1 is 1.31 bits per heavy atom. The zero-order valence-corrected chi connectivity index (χ0v) is 23.3. The summed E-state index contributed by atoms with van der Waals surface area (Å²) in [5, 5.41) is 16.3. The van der Waals surface area contributed by atoms with Crippen molar-refractivity contribution in [1.29, 1.82) is 0 Å². The third kappa shape index (κ3) is 5.34. The van der Waals surface area contributed by atoms with Crippen molar-refractivity contribution in [2.24, 2.45) is 17.0 Å². The fourth-order valence-electron chi connectivity index (χ4n) is 6.24. The second-order valence-corrected chi connectivity index (χ2v) is 12.6. The van der Waals surface area contributed by atoms with E-state index in [0.29, 0.717) is 12.3 Å². The third-order valence-electron chi connectivity index (χ3n) is 7.78. The average Bonchev–Trinajstić information content (AvgIpc) is 3.59. The molecular formula is C24H31N6O7S2+. The van der Waals surface area contributed by atoms with Gasteiger partial charge < -0.3 is 30.2 Å². The van der Waals surface area contributed by atoms with Gasteiger partial charge in [0.15, 0.2) is 10.8 Å². The van der Waals surface area contributed by atoms with E-state index in [0.717, 1.165) is 46.3 Å². The van der Waals surface area contributed by atoms with Crippen LogP contribution < -0.4 is 11.1 Å². The molecule has 2 unspecified atom stereocenters. The van der Waals surface area contributed by atoms with Crippen LogP contribution in [0.2, 0.25) is 0 Å². The number of carboxylic acid groups (broad SMARTS) is 1. The molecule has 4 aliphatic rings. The number of likely N-dealkylation sites (N-methyl/N-ethyl adjacent to an activating group) is 1. The summed E-state index contributed by atoms with van der Waals surface area (Å²) in [6.45, 7) is 2.04. The van der Waals surface area contributed by atoms with Crippen LogP contribution in [0, 0.1) is 11.8 Å².